The molecule has 138 valence electrons. The van der Waals surface area contributed by atoms with Crippen LogP contribution in [-0.4, -0.2) is 24.3 Å². The minimum atomic E-state index is -3.28. The Labute approximate surface area is 156 Å². The second-order valence-corrected chi connectivity index (χ2v) is 8.50. The van der Waals surface area contributed by atoms with E-state index in [9.17, 15) is 12.8 Å². The van der Waals surface area contributed by atoms with Crippen molar-refractivity contribution in [2.24, 2.45) is 0 Å². The SMILES string of the molecule is Cc1oc2c(-c3ccc(F)cc3)c(-c3ccc(S(C)(=O)=O)cc3)nn2c1C. The molecule has 7 heteroatoms. The third-order valence-electron chi connectivity index (χ3n) is 4.61. The van der Waals surface area contributed by atoms with E-state index in [0.717, 1.165) is 28.1 Å². The number of hydrogen-bond acceptors (Lipinski definition) is 4. The number of fused-ring (bicyclic) bond motifs is 1. The van der Waals surface area contributed by atoms with Crippen LogP contribution in [0.3, 0.4) is 0 Å². The first-order chi connectivity index (χ1) is 12.8. The normalized spacial score (nSPS) is 12.0. The summed E-state index contributed by atoms with van der Waals surface area (Å²) in [5.41, 5.74) is 4.33. The van der Waals surface area contributed by atoms with Gasteiger partial charge in [0.1, 0.15) is 17.3 Å². The third-order valence-corrected chi connectivity index (χ3v) is 5.74. The summed E-state index contributed by atoms with van der Waals surface area (Å²) < 4.78 is 44.4. The molecule has 0 amide bonds. The molecule has 2 aromatic heterocycles. The van der Waals surface area contributed by atoms with E-state index in [1.54, 1.807) is 40.9 Å². The lowest BCUT2D eigenvalue weighted by Crippen LogP contribution is -1.96. The monoisotopic (exact) mass is 384 g/mol. The summed E-state index contributed by atoms with van der Waals surface area (Å²) in [7, 11) is -3.28. The van der Waals surface area contributed by atoms with Crippen LogP contribution in [0.4, 0.5) is 4.39 Å². The molecule has 0 N–H and O–H groups in total. The van der Waals surface area contributed by atoms with Gasteiger partial charge in [-0.05, 0) is 43.7 Å². The van der Waals surface area contributed by atoms with Gasteiger partial charge in [0.2, 0.25) is 5.71 Å². The summed E-state index contributed by atoms with van der Waals surface area (Å²) in [4.78, 5) is 0.240. The molecule has 0 unspecified atom stereocenters. The van der Waals surface area contributed by atoms with E-state index in [0.29, 0.717) is 11.4 Å². The minimum Gasteiger partial charge on any atom is -0.441 e. The lowest BCUT2D eigenvalue weighted by Gasteiger charge is -2.05. The maximum Gasteiger partial charge on any atom is 0.230 e. The number of aromatic nitrogens is 2. The fourth-order valence-corrected chi connectivity index (χ4v) is 3.66. The zero-order valence-corrected chi connectivity index (χ0v) is 15.8. The molecule has 0 saturated heterocycles. The fraction of sp³-hybridized carbons (Fsp3) is 0.150. The smallest absolute Gasteiger partial charge is 0.230 e. The predicted octanol–water partition coefficient (Wildman–Crippen LogP) is 4.42. The van der Waals surface area contributed by atoms with Crippen LogP contribution in [-0.2, 0) is 9.84 Å². The van der Waals surface area contributed by atoms with E-state index in [1.165, 1.54) is 18.4 Å². The van der Waals surface area contributed by atoms with Crippen LogP contribution in [0.1, 0.15) is 11.5 Å². The number of aryl methyl sites for hydroxylation is 2. The van der Waals surface area contributed by atoms with Crippen LogP contribution in [0.25, 0.3) is 28.1 Å². The molecule has 0 aliphatic rings. The summed E-state index contributed by atoms with van der Waals surface area (Å²) >= 11 is 0. The van der Waals surface area contributed by atoms with Crippen LogP contribution in [0, 0.1) is 19.7 Å². The van der Waals surface area contributed by atoms with Gasteiger partial charge in [0, 0.05) is 11.8 Å². The molecule has 0 radical (unpaired) electrons. The largest absolute Gasteiger partial charge is 0.441 e. The van der Waals surface area contributed by atoms with Gasteiger partial charge < -0.3 is 4.42 Å². The predicted molar refractivity (Wildman–Crippen MR) is 101 cm³/mol. The molecule has 2 heterocycles. The number of halogens is 1. The van der Waals surface area contributed by atoms with Crippen LogP contribution < -0.4 is 0 Å². The third kappa shape index (κ3) is 2.94. The molecule has 4 rings (SSSR count). The van der Waals surface area contributed by atoms with Crippen molar-refractivity contribution < 1.29 is 17.2 Å². The maximum atomic E-state index is 13.4. The average molecular weight is 384 g/mol. The Kier molecular flexibility index (Phi) is 3.92. The zero-order valence-electron chi connectivity index (χ0n) is 15.0. The summed E-state index contributed by atoms with van der Waals surface area (Å²) in [5.74, 6) is 0.424. The van der Waals surface area contributed by atoms with Crippen molar-refractivity contribution >= 4 is 15.6 Å². The van der Waals surface area contributed by atoms with Crippen LogP contribution in [0.15, 0.2) is 57.8 Å². The Morgan fingerprint density at radius 3 is 2.15 bits per heavy atom. The van der Waals surface area contributed by atoms with Crippen molar-refractivity contribution in [3.05, 3.63) is 65.8 Å². The summed E-state index contributed by atoms with van der Waals surface area (Å²) in [6.07, 6.45) is 1.17. The van der Waals surface area contributed by atoms with Crippen molar-refractivity contribution in [2.75, 3.05) is 6.26 Å². The number of benzene rings is 2. The topological polar surface area (TPSA) is 64.6 Å². The molecule has 0 spiro atoms. The van der Waals surface area contributed by atoms with Gasteiger partial charge in [0.25, 0.3) is 0 Å². The quantitative estimate of drug-likeness (QED) is 0.524. The average Bonchev–Trinajstić information content (AvgIpc) is 3.12. The summed E-state index contributed by atoms with van der Waals surface area (Å²) in [5, 5.41) is 4.67. The van der Waals surface area contributed by atoms with Gasteiger partial charge >= 0.3 is 0 Å². The van der Waals surface area contributed by atoms with E-state index in [2.05, 4.69) is 5.10 Å². The molecular formula is C20H17FN2O3S. The molecule has 0 bridgehead atoms. The van der Waals surface area contributed by atoms with Crippen molar-refractivity contribution in [2.45, 2.75) is 18.7 Å². The molecule has 2 aromatic carbocycles. The van der Waals surface area contributed by atoms with Crippen molar-refractivity contribution in [3.8, 4) is 22.4 Å². The first-order valence-electron chi connectivity index (χ1n) is 8.31. The minimum absolute atomic E-state index is 0.240. The Morgan fingerprint density at radius 1 is 0.963 bits per heavy atom. The second-order valence-electron chi connectivity index (χ2n) is 6.49. The first-order valence-corrected chi connectivity index (χ1v) is 10.2. The molecular weight excluding hydrogens is 367 g/mol. The molecule has 0 aliphatic heterocycles. The molecule has 5 nitrogen and oxygen atoms in total. The Morgan fingerprint density at radius 2 is 1.56 bits per heavy atom. The highest BCUT2D eigenvalue weighted by Gasteiger charge is 2.22. The van der Waals surface area contributed by atoms with Gasteiger partial charge in [-0.3, -0.25) is 0 Å². The molecule has 27 heavy (non-hydrogen) atoms. The zero-order chi connectivity index (χ0) is 19.3. The fourth-order valence-electron chi connectivity index (χ4n) is 3.03. The van der Waals surface area contributed by atoms with Crippen molar-refractivity contribution in [3.63, 3.8) is 0 Å². The standard InChI is InChI=1S/C20H17FN2O3S/c1-12-13(2)26-20-18(14-4-8-16(21)9-5-14)19(22-23(12)20)15-6-10-17(11-7-15)27(3,24)25/h4-11H,1-3H3. The van der Waals surface area contributed by atoms with E-state index >= 15 is 0 Å². The van der Waals surface area contributed by atoms with E-state index < -0.39 is 9.84 Å². The highest BCUT2D eigenvalue weighted by atomic mass is 32.2. The van der Waals surface area contributed by atoms with Gasteiger partial charge in [0.05, 0.1) is 16.2 Å². The van der Waals surface area contributed by atoms with Gasteiger partial charge in [-0.1, -0.05) is 24.3 Å². The van der Waals surface area contributed by atoms with E-state index in [1.807, 2.05) is 13.8 Å². The van der Waals surface area contributed by atoms with Gasteiger partial charge in [-0.2, -0.15) is 5.10 Å². The summed E-state index contributed by atoms with van der Waals surface area (Å²) in [6.45, 7) is 3.77. The highest BCUT2D eigenvalue weighted by molar-refractivity contribution is 7.90. The first kappa shape index (κ1) is 17.5. The van der Waals surface area contributed by atoms with Crippen LogP contribution in [0.2, 0.25) is 0 Å². The molecule has 4 aromatic rings. The Balaban J connectivity index is 1.97. The Hall–Kier alpha value is -2.93. The van der Waals surface area contributed by atoms with Gasteiger partial charge in [0.15, 0.2) is 9.84 Å². The number of nitrogens with zero attached hydrogens (tertiary/aromatic N) is 2. The number of oxazole rings is 1. The van der Waals surface area contributed by atoms with Crippen molar-refractivity contribution in [1.29, 1.82) is 0 Å². The molecule has 0 saturated carbocycles. The highest BCUT2D eigenvalue weighted by Crippen LogP contribution is 2.37. The van der Waals surface area contributed by atoms with Gasteiger partial charge in [-0.25, -0.2) is 17.3 Å². The molecule has 0 fully saturated rings. The second kappa shape index (κ2) is 6.06. The lowest BCUT2D eigenvalue weighted by atomic mass is 10.0. The molecule has 0 atom stereocenters. The van der Waals surface area contributed by atoms with E-state index in [4.69, 9.17) is 4.42 Å². The van der Waals surface area contributed by atoms with Gasteiger partial charge in [-0.15, -0.1) is 0 Å². The van der Waals surface area contributed by atoms with Crippen LogP contribution in [0.5, 0.6) is 0 Å². The van der Waals surface area contributed by atoms with Crippen molar-refractivity contribution in [1.82, 2.24) is 9.61 Å². The molecule has 0 aliphatic carbocycles. The number of hydrogen-bond donors (Lipinski definition) is 0. The number of sulfone groups is 1. The summed E-state index contributed by atoms with van der Waals surface area (Å²) in [6, 6.07) is 12.7. The lowest BCUT2D eigenvalue weighted by molar-refractivity contribution is 0.571. The Bertz CT molecular complexity index is 1250. The number of rotatable bonds is 3. The van der Waals surface area contributed by atoms with Crippen LogP contribution >= 0.6 is 0 Å². The van der Waals surface area contributed by atoms with E-state index in [-0.39, 0.29) is 10.7 Å². The maximum absolute atomic E-state index is 13.4.